The first-order valence-electron chi connectivity index (χ1n) is 8.80. The number of anilines is 3. The molecule has 140 valence electrons. The van der Waals surface area contributed by atoms with E-state index in [1.165, 1.54) is 5.56 Å². The first-order chi connectivity index (χ1) is 13.2. The molecule has 0 saturated carbocycles. The normalized spacial score (nSPS) is 10.3. The molecule has 2 aromatic carbocycles. The first kappa shape index (κ1) is 18.5. The predicted molar refractivity (Wildman–Crippen MR) is 108 cm³/mol. The minimum atomic E-state index is 0.605. The van der Waals surface area contributed by atoms with Crippen molar-refractivity contribution in [3.05, 3.63) is 65.9 Å². The van der Waals surface area contributed by atoms with Crippen LogP contribution in [0, 0.1) is 6.92 Å². The summed E-state index contributed by atoms with van der Waals surface area (Å²) in [6, 6.07) is 17.7. The van der Waals surface area contributed by atoms with Crippen molar-refractivity contribution >= 4 is 17.5 Å². The van der Waals surface area contributed by atoms with Gasteiger partial charge in [-0.1, -0.05) is 18.2 Å². The molecule has 0 bridgehead atoms. The van der Waals surface area contributed by atoms with Gasteiger partial charge in [-0.05, 0) is 43.2 Å². The van der Waals surface area contributed by atoms with Crippen molar-refractivity contribution in [1.82, 2.24) is 9.97 Å². The SMILES string of the molecule is COc1ccc(CCNc2nc(C)cc(Nc3cccc(OC)c3)n2)cc1. The Hall–Kier alpha value is -3.28. The number of aromatic nitrogens is 2. The van der Waals surface area contributed by atoms with Crippen molar-refractivity contribution in [2.75, 3.05) is 31.4 Å². The third kappa shape index (κ3) is 5.34. The van der Waals surface area contributed by atoms with E-state index in [1.54, 1.807) is 14.2 Å². The Labute approximate surface area is 159 Å². The summed E-state index contributed by atoms with van der Waals surface area (Å²) < 4.78 is 10.4. The molecule has 0 atom stereocenters. The van der Waals surface area contributed by atoms with E-state index in [2.05, 4.69) is 32.7 Å². The van der Waals surface area contributed by atoms with Gasteiger partial charge in [-0.25, -0.2) is 4.98 Å². The molecule has 1 heterocycles. The van der Waals surface area contributed by atoms with Crippen LogP contribution in [0.25, 0.3) is 0 Å². The van der Waals surface area contributed by atoms with Crippen LogP contribution in [0.4, 0.5) is 17.5 Å². The second-order valence-electron chi connectivity index (χ2n) is 6.10. The summed E-state index contributed by atoms with van der Waals surface area (Å²) in [5.41, 5.74) is 3.03. The van der Waals surface area contributed by atoms with Crippen LogP contribution in [0.5, 0.6) is 11.5 Å². The molecular weight excluding hydrogens is 340 g/mol. The lowest BCUT2D eigenvalue weighted by molar-refractivity contribution is 0.414. The van der Waals surface area contributed by atoms with Gasteiger partial charge >= 0.3 is 0 Å². The van der Waals surface area contributed by atoms with Crippen molar-refractivity contribution in [1.29, 1.82) is 0 Å². The second-order valence-corrected chi connectivity index (χ2v) is 6.10. The number of rotatable bonds is 8. The highest BCUT2D eigenvalue weighted by Crippen LogP contribution is 2.21. The Morgan fingerprint density at radius 3 is 2.41 bits per heavy atom. The summed E-state index contributed by atoms with van der Waals surface area (Å²) in [4.78, 5) is 9.01. The summed E-state index contributed by atoms with van der Waals surface area (Å²) in [7, 11) is 3.32. The fourth-order valence-electron chi connectivity index (χ4n) is 2.67. The molecule has 6 heteroatoms. The zero-order valence-corrected chi connectivity index (χ0v) is 15.8. The van der Waals surface area contributed by atoms with Gasteiger partial charge in [0.2, 0.25) is 5.95 Å². The van der Waals surface area contributed by atoms with Crippen molar-refractivity contribution in [3.63, 3.8) is 0 Å². The lowest BCUT2D eigenvalue weighted by Crippen LogP contribution is -2.09. The quantitative estimate of drug-likeness (QED) is 0.624. The first-order valence-corrected chi connectivity index (χ1v) is 8.80. The summed E-state index contributed by atoms with van der Waals surface area (Å²) in [5, 5.41) is 6.59. The van der Waals surface area contributed by atoms with E-state index >= 15 is 0 Å². The molecule has 3 aromatic rings. The molecule has 3 rings (SSSR count). The van der Waals surface area contributed by atoms with Crippen LogP contribution in [0.2, 0.25) is 0 Å². The monoisotopic (exact) mass is 364 g/mol. The van der Waals surface area contributed by atoms with Gasteiger partial charge in [0.1, 0.15) is 17.3 Å². The van der Waals surface area contributed by atoms with Crippen molar-refractivity contribution < 1.29 is 9.47 Å². The molecular formula is C21H24N4O2. The topological polar surface area (TPSA) is 68.3 Å². The Morgan fingerprint density at radius 2 is 1.67 bits per heavy atom. The number of nitrogens with one attached hydrogen (secondary N) is 2. The number of ether oxygens (including phenoxy) is 2. The van der Waals surface area contributed by atoms with Crippen LogP contribution in [-0.2, 0) is 6.42 Å². The van der Waals surface area contributed by atoms with Crippen LogP contribution < -0.4 is 20.1 Å². The predicted octanol–water partition coefficient (Wildman–Crippen LogP) is 4.20. The average molecular weight is 364 g/mol. The maximum absolute atomic E-state index is 5.26. The van der Waals surface area contributed by atoms with Crippen LogP contribution in [0.3, 0.4) is 0 Å². The van der Waals surface area contributed by atoms with Crippen LogP contribution in [0.15, 0.2) is 54.6 Å². The van der Waals surface area contributed by atoms with Gasteiger partial charge in [0, 0.05) is 30.1 Å². The van der Waals surface area contributed by atoms with E-state index < -0.39 is 0 Å². The van der Waals surface area contributed by atoms with Crippen molar-refractivity contribution in [2.24, 2.45) is 0 Å². The molecule has 0 unspecified atom stereocenters. The van der Waals surface area contributed by atoms with Gasteiger partial charge in [0.15, 0.2) is 0 Å². The van der Waals surface area contributed by atoms with E-state index in [9.17, 15) is 0 Å². The molecule has 0 aliphatic heterocycles. The number of hydrogen-bond acceptors (Lipinski definition) is 6. The maximum Gasteiger partial charge on any atom is 0.224 e. The molecule has 0 aliphatic carbocycles. The van der Waals surface area contributed by atoms with Gasteiger partial charge in [0.25, 0.3) is 0 Å². The van der Waals surface area contributed by atoms with Crippen molar-refractivity contribution in [2.45, 2.75) is 13.3 Å². The molecule has 0 spiro atoms. The maximum atomic E-state index is 5.26. The minimum absolute atomic E-state index is 0.605. The van der Waals surface area contributed by atoms with Gasteiger partial charge in [-0.3, -0.25) is 0 Å². The Morgan fingerprint density at radius 1 is 0.889 bits per heavy atom. The number of hydrogen-bond donors (Lipinski definition) is 2. The number of nitrogens with zero attached hydrogens (tertiary/aromatic N) is 2. The minimum Gasteiger partial charge on any atom is -0.497 e. The van der Waals surface area contributed by atoms with E-state index in [4.69, 9.17) is 9.47 Å². The fourth-order valence-corrected chi connectivity index (χ4v) is 2.67. The second kappa shape index (κ2) is 8.89. The lowest BCUT2D eigenvalue weighted by Gasteiger charge is -2.11. The summed E-state index contributed by atoms with van der Waals surface area (Å²) in [5.74, 6) is 3.00. The van der Waals surface area contributed by atoms with E-state index in [-0.39, 0.29) is 0 Å². The van der Waals surface area contributed by atoms with Crippen LogP contribution >= 0.6 is 0 Å². The largest absolute Gasteiger partial charge is 0.497 e. The lowest BCUT2D eigenvalue weighted by atomic mass is 10.1. The molecule has 0 radical (unpaired) electrons. The fraction of sp³-hybridized carbons (Fsp3) is 0.238. The Balaban J connectivity index is 1.62. The zero-order chi connectivity index (χ0) is 19.1. The number of benzene rings is 2. The van der Waals surface area contributed by atoms with Crippen molar-refractivity contribution in [3.8, 4) is 11.5 Å². The smallest absolute Gasteiger partial charge is 0.224 e. The standard InChI is InChI=1S/C21H24N4O2/c1-15-13-20(24-17-5-4-6-19(14-17)27-3)25-21(23-15)22-12-11-16-7-9-18(26-2)10-8-16/h4-10,13-14H,11-12H2,1-3H3,(H2,22,23,24,25). The van der Waals surface area contributed by atoms with Gasteiger partial charge in [-0.2, -0.15) is 4.98 Å². The van der Waals surface area contributed by atoms with Crippen LogP contribution in [-0.4, -0.2) is 30.7 Å². The molecule has 0 aliphatic rings. The van der Waals surface area contributed by atoms with Crippen LogP contribution in [0.1, 0.15) is 11.3 Å². The highest BCUT2D eigenvalue weighted by molar-refractivity contribution is 5.59. The van der Waals surface area contributed by atoms with Gasteiger partial charge in [-0.15, -0.1) is 0 Å². The Bertz CT molecular complexity index is 882. The molecule has 0 amide bonds. The summed E-state index contributed by atoms with van der Waals surface area (Å²) >= 11 is 0. The number of aryl methyl sites for hydroxylation is 1. The number of methoxy groups -OCH3 is 2. The zero-order valence-electron chi connectivity index (χ0n) is 15.8. The van der Waals surface area contributed by atoms with E-state index in [0.717, 1.165) is 41.7 Å². The molecule has 6 nitrogen and oxygen atoms in total. The average Bonchev–Trinajstić information content (AvgIpc) is 2.68. The molecule has 0 fully saturated rings. The summed E-state index contributed by atoms with van der Waals surface area (Å²) in [6.07, 6.45) is 0.875. The highest BCUT2D eigenvalue weighted by atomic mass is 16.5. The molecule has 1 aromatic heterocycles. The third-order valence-electron chi connectivity index (χ3n) is 4.05. The molecule has 27 heavy (non-hydrogen) atoms. The van der Waals surface area contributed by atoms with E-state index in [0.29, 0.717) is 5.95 Å². The van der Waals surface area contributed by atoms with E-state index in [1.807, 2.05) is 49.4 Å². The van der Waals surface area contributed by atoms with Gasteiger partial charge < -0.3 is 20.1 Å². The molecule has 2 N–H and O–H groups in total. The third-order valence-corrected chi connectivity index (χ3v) is 4.05. The molecule has 0 saturated heterocycles. The van der Waals surface area contributed by atoms with Gasteiger partial charge in [0.05, 0.1) is 14.2 Å². The summed E-state index contributed by atoms with van der Waals surface area (Å²) in [6.45, 7) is 2.70. The Kier molecular flexibility index (Phi) is 6.10. The highest BCUT2D eigenvalue weighted by Gasteiger charge is 2.04.